The largest absolute Gasteiger partial charge is 0.447 e. The molecule has 0 saturated carbocycles. The number of thiazole rings is 1. The minimum Gasteiger partial charge on any atom is -0.447 e. The first-order valence-corrected chi connectivity index (χ1v) is 12.1. The van der Waals surface area contributed by atoms with Crippen LogP contribution in [-0.2, 0) is 14.2 Å². The average Bonchev–Trinajstić information content (AvgIpc) is 3.36. The molecule has 2 aliphatic rings. The van der Waals surface area contributed by atoms with Crippen molar-refractivity contribution in [2.24, 2.45) is 0 Å². The third kappa shape index (κ3) is 6.01. The Hall–Kier alpha value is -2.69. The molecule has 0 spiro atoms. The number of rotatable bonds is 7. The van der Waals surface area contributed by atoms with Gasteiger partial charge < -0.3 is 29.3 Å². The van der Waals surface area contributed by atoms with Gasteiger partial charge in [0.15, 0.2) is 0 Å². The highest BCUT2D eigenvalue weighted by Gasteiger charge is 2.27. The van der Waals surface area contributed by atoms with Crippen LogP contribution in [0.5, 0.6) is 0 Å². The first-order valence-electron chi connectivity index (χ1n) is 11.2. The first-order chi connectivity index (χ1) is 16.2. The van der Waals surface area contributed by atoms with Gasteiger partial charge in [-0.15, -0.1) is 11.3 Å². The molecule has 1 aromatic carbocycles. The molecule has 1 aromatic heterocycles. The second kappa shape index (κ2) is 11.4. The number of benzene rings is 1. The molecular weight excluding hydrogens is 444 g/mol. The van der Waals surface area contributed by atoms with E-state index in [1.807, 2.05) is 29.6 Å². The monoisotopic (exact) mass is 474 g/mol. The van der Waals surface area contributed by atoms with Crippen molar-refractivity contribution in [3.63, 3.8) is 0 Å². The number of piperidine rings is 1. The molecule has 3 heterocycles. The van der Waals surface area contributed by atoms with Crippen LogP contribution < -0.4 is 10.2 Å². The standard InChI is InChI=1S/C23H30N4O5S/c1-30-14-15-32-23(29)27-8-6-17(7-9-27)22-25-19(16-33-22)21(28)24-18-4-2-3-5-20(18)26-10-12-31-13-11-26/h2-5,16-17H,6-15H2,1H3,(H,24,28). The van der Waals surface area contributed by atoms with Crippen LogP contribution in [-0.4, -0.2) is 81.6 Å². The van der Waals surface area contributed by atoms with Crippen molar-refractivity contribution in [3.8, 4) is 0 Å². The lowest BCUT2D eigenvalue weighted by molar-refractivity contribution is 0.0659. The highest BCUT2D eigenvalue weighted by molar-refractivity contribution is 7.10. The zero-order valence-corrected chi connectivity index (χ0v) is 19.6. The van der Waals surface area contributed by atoms with Crippen LogP contribution in [0.2, 0.25) is 0 Å². The summed E-state index contributed by atoms with van der Waals surface area (Å²) < 4.78 is 15.5. The summed E-state index contributed by atoms with van der Waals surface area (Å²) in [7, 11) is 1.57. The molecule has 0 bridgehead atoms. The molecule has 4 rings (SSSR count). The van der Waals surface area contributed by atoms with Crippen molar-refractivity contribution in [1.82, 2.24) is 9.88 Å². The number of amides is 2. The van der Waals surface area contributed by atoms with E-state index in [4.69, 9.17) is 14.2 Å². The zero-order valence-electron chi connectivity index (χ0n) is 18.8. The van der Waals surface area contributed by atoms with Crippen LogP contribution >= 0.6 is 11.3 Å². The summed E-state index contributed by atoms with van der Waals surface area (Å²) in [5.74, 6) is 0.0255. The number of hydrogen-bond donors (Lipinski definition) is 1. The Balaban J connectivity index is 1.33. The summed E-state index contributed by atoms with van der Waals surface area (Å²) in [5.41, 5.74) is 2.20. The number of nitrogens with zero attached hydrogens (tertiary/aromatic N) is 3. The molecule has 2 amide bonds. The van der Waals surface area contributed by atoms with Gasteiger partial charge in [-0.1, -0.05) is 12.1 Å². The molecule has 9 nitrogen and oxygen atoms in total. The molecule has 10 heteroatoms. The molecule has 2 saturated heterocycles. The minimum atomic E-state index is -0.302. The first kappa shape index (κ1) is 23.5. The van der Waals surface area contributed by atoms with Crippen LogP contribution in [0.1, 0.15) is 34.3 Å². The Bertz CT molecular complexity index is 938. The number of morpholine rings is 1. The Labute approximate surface area is 197 Å². The number of nitrogens with one attached hydrogen (secondary N) is 1. The number of methoxy groups -OCH3 is 1. The lowest BCUT2D eigenvalue weighted by Gasteiger charge is -2.30. The van der Waals surface area contributed by atoms with E-state index >= 15 is 0 Å². The maximum Gasteiger partial charge on any atom is 0.409 e. The van der Waals surface area contributed by atoms with Crippen molar-refractivity contribution < 1.29 is 23.8 Å². The SMILES string of the molecule is COCCOC(=O)N1CCC(c2nc(C(=O)Nc3ccccc3N3CCOCC3)cs2)CC1. The number of hydrogen-bond acceptors (Lipinski definition) is 8. The third-order valence-electron chi connectivity index (χ3n) is 5.87. The summed E-state index contributed by atoms with van der Waals surface area (Å²) in [6.45, 7) is 4.84. The third-order valence-corrected chi connectivity index (χ3v) is 6.88. The van der Waals surface area contributed by atoms with Gasteiger partial charge >= 0.3 is 6.09 Å². The zero-order chi connectivity index (χ0) is 23.0. The summed E-state index contributed by atoms with van der Waals surface area (Å²) >= 11 is 1.50. The van der Waals surface area contributed by atoms with Crippen LogP contribution in [0.4, 0.5) is 16.2 Å². The maximum atomic E-state index is 12.9. The summed E-state index contributed by atoms with van der Waals surface area (Å²) in [6, 6.07) is 7.82. The molecule has 0 unspecified atom stereocenters. The molecule has 0 atom stereocenters. The molecule has 178 valence electrons. The van der Waals surface area contributed by atoms with E-state index in [2.05, 4.69) is 15.2 Å². The lowest BCUT2D eigenvalue weighted by atomic mass is 9.98. The predicted octanol–water partition coefficient (Wildman–Crippen LogP) is 3.19. The molecule has 2 fully saturated rings. The van der Waals surface area contributed by atoms with Gasteiger partial charge in [-0.3, -0.25) is 4.79 Å². The van der Waals surface area contributed by atoms with Gasteiger partial charge in [0.05, 0.1) is 36.2 Å². The van der Waals surface area contributed by atoms with E-state index in [1.165, 1.54) is 11.3 Å². The Kier molecular flexibility index (Phi) is 8.14. The number of ether oxygens (including phenoxy) is 3. The maximum absolute atomic E-state index is 12.9. The van der Waals surface area contributed by atoms with E-state index < -0.39 is 0 Å². The van der Waals surface area contributed by atoms with E-state index in [1.54, 1.807) is 12.0 Å². The predicted molar refractivity (Wildman–Crippen MR) is 126 cm³/mol. The smallest absolute Gasteiger partial charge is 0.409 e. The minimum absolute atomic E-state index is 0.211. The van der Waals surface area contributed by atoms with Gasteiger partial charge in [-0.05, 0) is 25.0 Å². The normalized spacial score (nSPS) is 17.1. The molecule has 0 radical (unpaired) electrons. The van der Waals surface area contributed by atoms with Gasteiger partial charge in [0.25, 0.3) is 5.91 Å². The fourth-order valence-electron chi connectivity index (χ4n) is 4.04. The highest BCUT2D eigenvalue weighted by Crippen LogP contribution is 2.31. The van der Waals surface area contributed by atoms with E-state index in [9.17, 15) is 9.59 Å². The summed E-state index contributed by atoms with van der Waals surface area (Å²) in [4.78, 5) is 33.6. The lowest BCUT2D eigenvalue weighted by Crippen LogP contribution is -2.38. The molecule has 2 aliphatic heterocycles. The Morgan fingerprint density at radius 2 is 1.91 bits per heavy atom. The molecule has 0 aliphatic carbocycles. The van der Waals surface area contributed by atoms with Gasteiger partial charge in [0.1, 0.15) is 12.3 Å². The number of carbonyl (C=O) groups excluding carboxylic acids is 2. The second-order valence-electron chi connectivity index (χ2n) is 8.01. The number of anilines is 2. The molecule has 1 N–H and O–H groups in total. The fraction of sp³-hybridized carbons (Fsp3) is 0.522. The van der Waals surface area contributed by atoms with E-state index in [0.29, 0.717) is 38.6 Å². The quantitative estimate of drug-likeness (QED) is 0.616. The van der Waals surface area contributed by atoms with Gasteiger partial charge in [0, 0.05) is 44.6 Å². The molecule has 2 aromatic rings. The van der Waals surface area contributed by atoms with Crippen molar-refractivity contribution in [2.45, 2.75) is 18.8 Å². The van der Waals surface area contributed by atoms with Crippen LogP contribution in [0.25, 0.3) is 0 Å². The highest BCUT2D eigenvalue weighted by atomic mass is 32.1. The van der Waals surface area contributed by atoms with Crippen molar-refractivity contribution in [1.29, 1.82) is 0 Å². The van der Waals surface area contributed by atoms with Gasteiger partial charge in [0.2, 0.25) is 0 Å². The average molecular weight is 475 g/mol. The number of para-hydroxylation sites is 2. The van der Waals surface area contributed by atoms with Crippen LogP contribution in [0, 0.1) is 0 Å². The Morgan fingerprint density at radius 3 is 2.67 bits per heavy atom. The van der Waals surface area contributed by atoms with E-state index in [0.717, 1.165) is 42.3 Å². The van der Waals surface area contributed by atoms with Gasteiger partial charge in [-0.2, -0.15) is 0 Å². The van der Waals surface area contributed by atoms with Crippen LogP contribution in [0.3, 0.4) is 0 Å². The number of likely N-dealkylation sites (tertiary alicyclic amines) is 1. The van der Waals surface area contributed by atoms with Crippen LogP contribution in [0.15, 0.2) is 29.6 Å². The summed E-state index contributed by atoms with van der Waals surface area (Å²) in [6.07, 6.45) is 1.30. The van der Waals surface area contributed by atoms with Crippen molar-refractivity contribution >= 4 is 34.7 Å². The fourth-order valence-corrected chi connectivity index (χ4v) is 5.01. The van der Waals surface area contributed by atoms with Crippen molar-refractivity contribution in [2.75, 3.05) is 69.9 Å². The summed E-state index contributed by atoms with van der Waals surface area (Å²) in [5, 5.41) is 5.78. The Morgan fingerprint density at radius 1 is 1.15 bits per heavy atom. The molecular formula is C23H30N4O5S. The molecule has 33 heavy (non-hydrogen) atoms. The number of carbonyl (C=O) groups is 2. The van der Waals surface area contributed by atoms with Gasteiger partial charge in [-0.25, -0.2) is 9.78 Å². The topological polar surface area (TPSA) is 93.2 Å². The second-order valence-corrected chi connectivity index (χ2v) is 8.90. The number of aromatic nitrogens is 1. The van der Waals surface area contributed by atoms with Crippen molar-refractivity contribution in [3.05, 3.63) is 40.3 Å². The van der Waals surface area contributed by atoms with E-state index in [-0.39, 0.29) is 24.5 Å².